The van der Waals surface area contributed by atoms with Gasteiger partial charge in [-0.05, 0) is 0 Å². The Hall–Kier alpha value is 0.0969. The highest BCUT2D eigenvalue weighted by atomic mass is 28.4. The van der Waals surface area contributed by atoms with Crippen molar-refractivity contribution in [3.63, 3.8) is 0 Å². The molecule has 48 valence electrons. The Kier molecular flexibility index (Phi) is 1.67. The molecular weight excluding hydrogens is 124 g/mol. The van der Waals surface area contributed by atoms with Crippen LogP contribution in [-0.2, 0) is 13.3 Å². The van der Waals surface area contributed by atoms with E-state index in [9.17, 15) is 0 Å². The fourth-order valence-corrected chi connectivity index (χ4v) is 2.02. The summed E-state index contributed by atoms with van der Waals surface area (Å²) in [6, 6.07) is 0.972. The molecule has 0 aromatic carbocycles. The molecule has 1 rings (SSSR count). The summed E-state index contributed by atoms with van der Waals surface area (Å²) in [5, 5.41) is 0. The Morgan fingerprint density at radius 1 is 1.38 bits per heavy atom. The van der Waals surface area contributed by atoms with E-state index in [1.54, 1.807) is 14.2 Å². The van der Waals surface area contributed by atoms with E-state index in [1.165, 1.54) is 0 Å². The van der Waals surface area contributed by atoms with Gasteiger partial charge in [-0.15, -0.1) is 0 Å². The first kappa shape index (κ1) is 6.22. The van der Waals surface area contributed by atoms with Gasteiger partial charge in [-0.25, -0.2) is 0 Å². The number of hydrogen-bond acceptors (Lipinski definition) is 3. The van der Waals surface area contributed by atoms with Crippen molar-refractivity contribution < 1.29 is 13.3 Å². The third-order valence-corrected chi connectivity index (χ3v) is 4.06. The highest BCUT2D eigenvalue weighted by molar-refractivity contribution is 6.62. The van der Waals surface area contributed by atoms with Gasteiger partial charge in [0.25, 0.3) is 0 Å². The molecule has 1 fully saturated rings. The maximum atomic E-state index is 5.11. The highest BCUT2D eigenvalue weighted by Crippen LogP contribution is 2.22. The summed E-state index contributed by atoms with van der Waals surface area (Å²) >= 11 is 0. The largest absolute Gasteiger partial charge is 0.502 e. The monoisotopic (exact) mass is 134 g/mol. The lowest BCUT2D eigenvalue weighted by Crippen LogP contribution is -2.52. The SMILES string of the molecule is CO[Si]1(OC)CCO1. The minimum atomic E-state index is -1.99. The van der Waals surface area contributed by atoms with Gasteiger partial charge in [-0.1, -0.05) is 0 Å². The second-order valence-electron chi connectivity index (χ2n) is 1.69. The van der Waals surface area contributed by atoms with E-state index in [2.05, 4.69) is 0 Å². The van der Waals surface area contributed by atoms with E-state index in [0.29, 0.717) is 0 Å². The van der Waals surface area contributed by atoms with Gasteiger partial charge in [0, 0.05) is 26.9 Å². The smallest absolute Gasteiger partial charge is 0.377 e. The van der Waals surface area contributed by atoms with Crippen LogP contribution in [0.4, 0.5) is 0 Å². The van der Waals surface area contributed by atoms with Gasteiger partial charge in [-0.2, -0.15) is 0 Å². The van der Waals surface area contributed by atoms with Crippen molar-refractivity contribution >= 4 is 8.80 Å². The quantitative estimate of drug-likeness (QED) is 0.507. The fraction of sp³-hybridized carbons (Fsp3) is 1.00. The molecule has 0 atom stereocenters. The van der Waals surface area contributed by atoms with E-state index in [0.717, 1.165) is 12.7 Å². The van der Waals surface area contributed by atoms with Gasteiger partial charge in [0.15, 0.2) is 0 Å². The average molecular weight is 134 g/mol. The lowest BCUT2D eigenvalue weighted by molar-refractivity contribution is 0.0532. The van der Waals surface area contributed by atoms with Crippen LogP contribution < -0.4 is 0 Å². The summed E-state index contributed by atoms with van der Waals surface area (Å²) in [7, 11) is 1.28. The standard InChI is InChI=1S/C4H10O3Si/c1-5-8(6-2)4-3-7-8/h3-4H2,1-2H3. The van der Waals surface area contributed by atoms with Gasteiger partial charge in [-0.3, -0.25) is 0 Å². The van der Waals surface area contributed by atoms with E-state index < -0.39 is 8.80 Å². The third-order valence-electron chi connectivity index (χ3n) is 1.35. The molecule has 0 bridgehead atoms. The molecule has 1 heterocycles. The van der Waals surface area contributed by atoms with Crippen molar-refractivity contribution in [2.75, 3.05) is 20.8 Å². The van der Waals surface area contributed by atoms with Crippen molar-refractivity contribution in [3.05, 3.63) is 0 Å². The van der Waals surface area contributed by atoms with Crippen LogP contribution in [0.3, 0.4) is 0 Å². The molecule has 0 unspecified atom stereocenters. The van der Waals surface area contributed by atoms with E-state index in [4.69, 9.17) is 13.3 Å². The number of rotatable bonds is 2. The first-order valence-corrected chi connectivity index (χ1v) is 4.50. The molecule has 0 aromatic rings. The van der Waals surface area contributed by atoms with Crippen LogP contribution in [0.1, 0.15) is 0 Å². The molecule has 8 heavy (non-hydrogen) atoms. The zero-order valence-corrected chi connectivity index (χ0v) is 6.14. The summed E-state index contributed by atoms with van der Waals surface area (Å²) in [4.78, 5) is 0. The lowest BCUT2D eigenvalue weighted by atomic mass is 10.9. The summed E-state index contributed by atoms with van der Waals surface area (Å²) in [5.41, 5.74) is 0. The van der Waals surface area contributed by atoms with Crippen LogP contribution in [-0.4, -0.2) is 29.6 Å². The molecule has 1 aliphatic rings. The van der Waals surface area contributed by atoms with Gasteiger partial charge >= 0.3 is 8.80 Å². The van der Waals surface area contributed by atoms with Crippen molar-refractivity contribution in [2.24, 2.45) is 0 Å². The van der Waals surface area contributed by atoms with Gasteiger partial charge in [0.2, 0.25) is 0 Å². The molecule has 0 aliphatic carbocycles. The maximum Gasteiger partial charge on any atom is 0.502 e. The highest BCUT2D eigenvalue weighted by Gasteiger charge is 2.46. The maximum absolute atomic E-state index is 5.11. The third kappa shape index (κ3) is 0.797. The molecule has 0 radical (unpaired) electrons. The van der Waals surface area contributed by atoms with Crippen LogP contribution >= 0.6 is 0 Å². The minimum Gasteiger partial charge on any atom is -0.377 e. The molecule has 1 aliphatic heterocycles. The van der Waals surface area contributed by atoms with Gasteiger partial charge < -0.3 is 13.3 Å². The van der Waals surface area contributed by atoms with Gasteiger partial charge in [0.05, 0.1) is 0 Å². The predicted octanol–water partition coefficient (Wildman–Crippen LogP) is 0.248. The van der Waals surface area contributed by atoms with E-state index in [1.807, 2.05) is 0 Å². The van der Waals surface area contributed by atoms with Crippen molar-refractivity contribution in [1.82, 2.24) is 0 Å². The van der Waals surface area contributed by atoms with E-state index >= 15 is 0 Å². The Balaban J connectivity index is 2.33. The Morgan fingerprint density at radius 3 is 1.88 bits per heavy atom. The molecule has 4 heteroatoms. The molecule has 0 spiro atoms. The average Bonchev–Trinajstić information content (AvgIpc) is 1.67. The topological polar surface area (TPSA) is 27.7 Å². The van der Waals surface area contributed by atoms with Crippen LogP contribution in [0.15, 0.2) is 0 Å². The van der Waals surface area contributed by atoms with Gasteiger partial charge in [0.1, 0.15) is 0 Å². The first-order valence-electron chi connectivity index (χ1n) is 2.57. The molecule has 0 amide bonds. The van der Waals surface area contributed by atoms with Crippen LogP contribution in [0, 0.1) is 0 Å². The second-order valence-corrected chi connectivity index (χ2v) is 4.66. The van der Waals surface area contributed by atoms with Crippen LogP contribution in [0.25, 0.3) is 0 Å². The minimum absolute atomic E-state index is 0.800. The summed E-state index contributed by atoms with van der Waals surface area (Å²) < 4.78 is 15.1. The van der Waals surface area contributed by atoms with Crippen LogP contribution in [0.2, 0.25) is 6.04 Å². The van der Waals surface area contributed by atoms with Crippen molar-refractivity contribution in [1.29, 1.82) is 0 Å². The Bertz CT molecular complexity index is 67.8. The Labute approximate surface area is 49.9 Å². The predicted molar refractivity (Wildman–Crippen MR) is 30.5 cm³/mol. The zero-order chi connectivity index (χ0) is 6.04. The normalized spacial score (nSPS) is 24.8. The fourth-order valence-electron chi connectivity index (χ4n) is 0.674. The van der Waals surface area contributed by atoms with Crippen molar-refractivity contribution in [2.45, 2.75) is 6.04 Å². The molecular formula is C4H10O3Si. The second kappa shape index (κ2) is 2.14. The number of hydrogen-bond donors (Lipinski definition) is 0. The molecule has 0 saturated carbocycles. The molecule has 3 nitrogen and oxygen atoms in total. The molecule has 1 saturated heterocycles. The molecule has 0 N–H and O–H groups in total. The van der Waals surface area contributed by atoms with Crippen LogP contribution in [0.5, 0.6) is 0 Å². The first-order chi connectivity index (χ1) is 3.83. The Morgan fingerprint density at radius 2 is 1.88 bits per heavy atom. The summed E-state index contributed by atoms with van der Waals surface area (Å²) in [6.45, 7) is 0.800. The summed E-state index contributed by atoms with van der Waals surface area (Å²) in [5.74, 6) is 0. The van der Waals surface area contributed by atoms with E-state index in [-0.39, 0.29) is 0 Å². The summed E-state index contributed by atoms with van der Waals surface area (Å²) in [6.07, 6.45) is 0. The van der Waals surface area contributed by atoms with Crippen molar-refractivity contribution in [3.8, 4) is 0 Å². The zero-order valence-electron chi connectivity index (χ0n) is 5.14. The lowest BCUT2D eigenvalue weighted by Gasteiger charge is -2.33. The molecule has 0 aromatic heterocycles.